The number of aliphatic hydroxyl groups is 1. The number of aliphatic hydroxyl groups excluding tert-OH is 1. The number of nitrogens with one attached hydrogen (secondary N) is 1. The minimum absolute atomic E-state index is 0.0337. The SMILES string of the molecule is CC(C)(C)NCC(=O)N1CCC(O)C1. The zero-order chi connectivity index (χ0) is 10.8. The lowest BCUT2D eigenvalue weighted by molar-refractivity contribution is -0.129. The summed E-state index contributed by atoms with van der Waals surface area (Å²) < 4.78 is 0. The van der Waals surface area contributed by atoms with Crippen LogP contribution in [0.25, 0.3) is 0 Å². The first-order valence-corrected chi connectivity index (χ1v) is 5.09. The molecule has 0 aliphatic carbocycles. The van der Waals surface area contributed by atoms with Crippen LogP contribution < -0.4 is 5.32 Å². The molecule has 0 spiro atoms. The lowest BCUT2D eigenvalue weighted by Crippen LogP contribution is -2.44. The van der Waals surface area contributed by atoms with E-state index in [0.29, 0.717) is 26.1 Å². The monoisotopic (exact) mass is 200 g/mol. The third kappa shape index (κ3) is 3.64. The summed E-state index contributed by atoms with van der Waals surface area (Å²) in [6.07, 6.45) is 0.384. The van der Waals surface area contributed by atoms with E-state index in [4.69, 9.17) is 0 Å². The molecule has 0 aromatic heterocycles. The molecule has 1 heterocycles. The van der Waals surface area contributed by atoms with Crippen molar-refractivity contribution in [2.75, 3.05) is 19.6 Å². The maximum atomic E-state index is 11.6. The normalized spacial score (nSPS) is 22.9. The van der Waals surface area contributed by atoms with Gasteiger partial charge in [0.1, 0.15) is 0 Å². The molecule has 2 N–H and O–H groups in total. The molecule has 1 saturated heterocycles. The number of nitrogens with zero attached hydrogens (tertiary/aromatic N) is 1. The van der Waals surface area contributed by atoms with Gasteiger partial charge in [0, 0.05) is 18.6 Å². The highest BCUT2D eigenvalue weighted by Crippen LogP contribution is 2.08. The maximum absolute atomic E-state index is 11.6. The Morgan fingerprint density at radius 3 is 2.64 bits per heavy atom. The molecule has 4 heteroatoms. The van der Waals surface area contributed by atoms with E-state index >= 15 is 0 Å². The fraction of sp³-hybridized carbons (Fsp3) is 0.900. The Morgan fingerprint density at radius 2 is 2.21 bits per heavy atom. The summed E-state index contributed by atoms with van der Waals surface area (Å²) in [4.78, 5) is 13.3. The number of hydrogen-bond donors (Lipinski definition) is 2. The highest BCUT2D eigenvalue weighted by Gasteiger charge is 2.24. The number of carbonyl (C=O) groups is 1. The van der Waals surface area contributed by atoms with Gasteiger partial charge in [0.2, 0.25) is 5.91 Å². The zero-order valence-electron chi connectivity index (χ0n) is 9.21. The number of β-amino-alcohol motifs (C(OH)–C–C–N with tert-alkyl or cyclic N) is 1. The molecule has 14 heavy (non-hydrogen) atoms. The van der Waals surface area contributed by atoms with Crippen LogP contribution in [-0.2, 0) is 4.79 Å². The van der Waals surface area contributed by atoms with Crippen LogP contribution in [-0.4, -0.2) is 47.2 Å². The summed E-state index contributed by atoms with van der Waals surface area (Å²) in [5, 5.41) is 12.4. The van der Waals surface area contributed by atoms with Gasteiger partial charge in [-0.1, -0.05) is 0 Å². The van der Waals surface area contributed by atoms with Crippen LogP contribution in [0.3, 0.4) is 0 Å². The van der Waals surface area contributed by atoms with E-state index in [9.17, 15) is 9.90 Å². The first-order valence-electron chi connectivity index (χ1n) is 5.09. The van der Waals surface area contributed by atoms with E-state index in [0.717, 1.165) is 0 Å². The summed E-state index contributed by atoms with van der Waals surface area (Å²) in [6, 6.07) is 0. The van der Waals surface area contributed by atoms with Gasteiger partial charge in [-0.3, -0.25) is 4.79 Å². The van der Waals surface area contributed by atoms with E-state index in [1.165, 1.54) is 0 Å². The molecule has 82 valence electrons. The van der Waals surface area contributed by atoms with E-state index in [2.05, 4.69) is 5.32 Å². The van der Waals surface area contributed by atoms with Crippen molar-refractivity contribution >= 4 is 5.91 Å². The van der Waals surface area contributed by atoms with E-state index < -0.39 is 0 Å². The fourth-order valence-corrected chi connectivity index (χ4v) is 1.42. The molecule has 1 atom stereocenters. The molecule has 0 saturated carbocycles. The number of hydrogen-bond acceptors (Lipinski definition) is 3. The van der Waals surface area contributed by atoms with Crippen LogP contribution >= 0.6 is 0 Å². The Kier molecular flexibility index (Phi) is 3.50. The average molecular weight is 200 g/mol. The number of rotatable bonds is 2. The van der Waals surface area contributed by atoms with Gasteiger partial charge in [-0.05, 0) is 27.2 Å². The Morgan fingerprint density at radius 1 is 1.57 bits per heavy atom. The summed E-state index contributed by atoms with van der Waals surface area (Å²) in [6.45, 7) is 7.62. The molecule has 1 aliphatic rings. The zero-order valence-corrected chi connectivity index (χ0v) is 9.21. The van der Waals surface area contributed by atoms with Crippen molar-refractivity contribution in [1.29, 1.82) is 0 Å². The van der Waals surface area contributed by atoms with Gasteiger partial charge in [0.15, 0.2) is 0 Å². The molecule has 0 aromatic rings. The first kappa shape index (κ1) is 11.5. The summed E-state index contributed by atoms with van der Waals surface area (Å²) >= 11 is 0. The number of amides is 1. The summed E-state index contributed by atoms with van der Waals surface area (Å²) in [7, 11) is 0. The topological polar surface area (TPSA) is 52.6 Å². The van der Waals surface area contributed by atoms with Crippen molar-refractivity contribution in [3.63, 3.8) is 0 Å². The largest absolute Gasteiger partial charge is 0.391 e. The predicted octanol–water partition coefficient (Wildman–Crippen LogP) is -0.0323. The number of carbonyl (C=O) groups excluding carboxylic acids is 1. The van der Waals surface area contributed by atoms with E-state index in [1.807, 2.05) is 20.8 Å². The minimum atomic E-state index is -0.325. The van der Waals surface area contributed by atoms with Crippen LogP contribution in [0.2, 0.25) is 0 Å². The van der Waals surface area contributed by atoms with Crippen LogP contribution in [0.15, 0.2) is 0 Å². The molecule has 1 fully saturated rings. The molecule has 1 amide bonds. The fourth-order valence-electron chi connectivity index (χ4n) is 1.42. The highest BCUT2D eigenvalue weighted by atomic mass is 16.3. The molecule has 0 aromatic carbocycles. The van der Waals surface area contributed by atoms with E-state index in [-0.39, 0.29) is 17.6 Å². The van der Waals surface area contributed by atoms with Gasteiger partial charge in [0.05, 0.1) is 12.6 Å². The van der Waals surface area contributed by atoms with Crippen LogP contribution in [0, 0.1) is 0 Å². The molecule has 0 radical (unpaired) electrons. The lowest BCUT2D eigenvalue weighted by Gasteiger charge is -2.22. The second kappa shape index (κ2) is 4.28. The van der Waals surface area contributed by atoms with Gasteiger partial charge < -0.3 is 15.3 Å². The molecule has 1 unspecified atom stereocenters. The van der Waals surface area contributed by atoms with Crippen LogP contribution in [0.1, 0.15) is 27.2 Å². The maximum Gasteiger partial charge on any atom is 0.236 e. The molecule has 1 rings (SSSR count). The number of likely N-dealkylation sites (tertiary alicyclic amines) is 1. The van der Waals surface area contributed by atoms with Gasteiger partial charge in [0.25, 0.3) is 0 Å². The first-order chi connectivity index (χ1) is 6.38. The average Bonchev–Trinajstić information content (AvgIpc) is 2.46. The summed E-state index contributed by atoms with van der Waals surface area (Å²) in [5.74, 6) is 0.0801. The van der Waals surface area contributed by atoms with Crippen LogP contribution in [0.4, 0.5) is 0 Å². The van der Waals surface area contributed by atoms with Gasteiger partial charge >= 0.3 is 0 Å². The van der Waals surface area contributed by atoms with Crippen LogP contribution in [0.5, 0.6) is 0 Å². The van der Waals surface area contributed by atoms with Gasteiger partial charge in [-0.25, -0.2) is 0 Å². The highest BCUT2D eigenvalue weighted by molar-refractivity contribution is 5.78. The van der Waals surface area contributed by atoms with Crippen molar-refractivity contribution in [1.82, 2.24) is 10.2 Å². The molecular formula is C10H20N2O2. The Bertz CT molecular complexity index is 211. The minimum Gasteiger partial charge on any atom is -0.391 e. The summed E-state index contributed by atoms with van der Waals surface area (Å²) in [5.41, 5.74) is -0.0337. The van der Waals surface area contributed by atoms with Crippen molar-refractivity contribution in [2.24, 2.45) is 0 Å². The molecule has 0 bridgehead atoms. The Labute approximate surface area is 85.3 Å². The Hall–Kier alpha value is -0.610. The molecule has 4 nitrogen and oxygen atoms in total. The third-order valence-electron chi connectivity index (χ3n) is 2.29. The quantitative estimate of drug-likeness (QED) is 0.658. The second-order valence-electron chi connectivity index (χ2n) is 4.89. The second-order valence-corrected chi connectivity index (χ2v) is 4.89. The van der Waals surface area contributed by atoms with E-state index in [1.54, 1.807) is 4.90 Å². The third-order valence-corrected chi connectivity index (χ3v) is 2.29. The van der Waals surface area contributed by atoms with Crippen molar-refractivity contribution < 1.29 is 9.90 Å². The van der Waals surface area contributed by atoms with Crippen molar-refractivity contribution in [2.45, 2.75) is 38.8 Å². The van der Waals surface area contributed by atoms with Gasteiger partial charge in [-0.2, -0.15) is 0 Å². The van der Waals surface area contributed by atoms with Crippen molar-refractivity contribution in [3.05, 3.63) is 0 Å². The standard InChI is InChI=1S/C10H20N2O2/c1-10(2,3)11-6-9(14)12-5-4-8(13)7-12/h8,11,13H,4-7H2,1-3H3. The smallest absolute Gasteiger partial charge is 0.236 e. The molecule has 1 aliphatic heterocycles. The Balaban J connectivity index is 2.29. The predicted molar refractivity (Wildman–Crippen MR) is 55.0 cm³/mol. The van der Waals surface area contributed by atoms with Crippen molar-refractivity contribution in [3.8, 4) is 0 Å². The van der Waals surface area contributed by atoms with Gasteiger partial charge in [-0.15, -0.1) is 0 Å². The molecular weight excluding hydrogens is 180 g/mol. The lowest BCUT2D eigenvalue weighted by atomic mass is 10.1.